The average Bonchev–Trinajstić information content (AvgIpc) is 2.97. The maximum absolute atomic E-state index is 12.2. The van der Waals surface area contributed by atoms with E-state index in [2.05, 4.69) is 5.32 Å². The largest absolute Gasteiger partial charge is 0.481 e. The third-order valence-electron chi connectivity index (χ3n) is 4.55. The van der Waals surface area contributed by atoms with Gasteiger partial charge in [0.05, 0.1) is 5.92 Å². The Morgan fingerprint density at radius 3 is 2.29 bits per heavy atom. The van der Waals surface area contributed by atoms with Gasteiger partial charge in [-0.3, -0.25) is 14.4 Å². The van der Waals surface area contributed by atoms with Crippen molar-refractivity contribution in [2.24, 2.45) is 11.8 Å². The Bertz CT molecular complexity index is 418. The number of hydrogen-bond donors (Lipinski definition) is 2. The number of amides is 2. The van der Waals surface area contributed by atoms with Crippen LogP contribution in [0.1, 0.15) is 45.4 Å². The minimum Gasteiger partial charge on any atom is -0.481 e. The first kappa shape index (κ1) is 15.8. The van der Waals surface area contributed by atoms with Crippen molar-refractivity contribution in [2.75, 3.05) is 13.1 Å². The van der Waals surface area contributed by atoms with Gasteiger partial charge in [-0.15, -0.1) is 0 Å². The van der Waals surface area contributed by atoms with Crippen molar-refractivity contribution >= 4 is 17.8 Å². The van der Waals surface area contributed by atoms with Gasteiger partial charge in [0.15, 0.2) is 0 Å². The van der Waals surface area contributed by atoms with E-state index in [9.17, 15) is 14.4 Å². The molecule has 1 aliphatic heterocycles. The Morgan fingerprint density at radius 2 is 1.71 bits per heavy atom. The van der Waals surface area contributed by atoms with E-state index in [-0.39, 0.29) is 17.7 Å². The van der Waals surface area contributed by atoms with E-state index in [1.807, 2.05) is 4.90 Å². The smallest absolute Gasteiger partial charge is 0.306 e. The zero-order chi connectivity index (χ0) is 15.4. The number of carbonyl (C=O) groups excluding carboxylic acids is 2. The molecule has 2 rings (SSSR count). The summed E-state index contributed by atoms with van der Waals surface area (Å²) in [6.07, 6.45) is 4.72. The van der Waals surface area contributed by atoms with E-state index in [1.54, 1.807) is 6.92 Å². The molecule has 0 spiro atoms. The highest BCUT2D eigenvalue weighted by Gasteiger charge is 2.35. The molecule has 0 aromatic rings. The first-order valence-electron chi connectivity index (χ1n) is 7.81. The Hall–Kier alpha value is -1.59. The first-order chi connectivity index (χ1) is 9.99. The summed E-state index contributed by atoms with van der Waals surface area (Å²) in [5.74, 6) is -1.74. The molecule has 6 nitrogen and oxygen atoms in total. The lowest BCUT2D eigenvalue weighted by molar-refractivity contribution is -0.142. The number of piperidine rings is 1. The first-order valence-corrected chi connectivity index (χ1v) is 7.81. The van der Waals surface area contributed by atoms with Crippen LogP contribution in [0, 0.1) is 11.8 Å². The van der Waals surface area contributed by atoms with Crippen LogP contribution >= 0.6 is 0 Å². The molecule has 1 aliphatic carbocycles. The second-order valence-corrected chi connectivity index (χ2v) is 6.16. The van der Waals surface area contributed by atoms with Gasteiger partial charge in [-0.05, 0) is 45.4 Å². The summed E-state index contributed by atoms with van der Waals surface area (Å²) in [4.78, 5) is 37.1. The van der Waals surface area contributed by atoms with Crippen LogP contribution in [-0.4, -0.2) is 46.9 Å². The fourth-order valence-electron chi connectivity index (χ4n) is 3.23. The molecule has 3 atom stereocenters. The highest BCUT2D eigenvalue weighted by atomic mass is 16.4. The standard InChI is InChI=1S/C15H24N2O4/c1-10(14(19)17-7-3-2-4-8-17)16-13(18)11-5-6-12(9-11)15(20)21/h10-12H,2-9H2,1H3,(H,16,18)(H,20,21). The Morgan fingerprint density at radius 1 is 1.10 bits per heavy atom. The number of rotatable bonds is 4. The van der Waals surface area contributed by atoms with Crippen LogP contribution in [-0.2, 0) is 14.4 Å². The number of likely N-dealkylation sites (tertiary alicyclic amines) is 1. The second-order valence-electron chi connectivity index (χ2n) is 6.16. The summed E-state index contributed by atoms with van der Waals surface area (Å²) in [5, 5.41) is 11.7. The maximum atomic E-state index is 12.2. The number of nitrogens with one attached hydrogen (secondary N) is 1. The van der Waals surface area contributed by atoms with Crippen LogP contribution < -0.4 is 5.32 Å². The summed E-state index contributed by atoms with van der Waals surface area (Å²) in [6.45, 7) is 3.24. The molecule has 2 N–H and O–H groups in total. The van der Waals surface area contributed by atoms with Crippen LogP contribution in [0.4, 0.5) is 0 Å². The predicted molar refractivity (Wildman–Crippen MR) is 76.5 cm³/mol. The van der Waals surface area contributed by atoms with Gasteiger partial charge in [-0.2, -0.15) is 0 Å². The summed E-state index contributed by atoms with van der Waals surface area (Å²) in [5.41, 5.74) is 0. The fraction of sp³-hybridized carbons (Fsp3) is 0.800. The van der Waals surface area contributed by atoms with Crippen LogP contribution in [0.15, 0.2) is 0 Å². The van der Waals surface area contributed by atoms with Crippen molar-refractivity contribution in [1.29, 1.82) is 0 Å². The van der Waals surface area contributed by atoms with Gasteiger partial charge < -0.3 is 15.3 Å². The predicted octanol–water partition coefficient (Wildman–Crippen LogP) is 1.00. The lowest BCUT2D eigenvalue weighted by atomic mass is 10.0. The number of nitrogens with zero attached hydrogens (tertiary/aromatic N) is 1. The van der Waals surface area contributed by atoms with Gasteiger partial charge in [0.1, 0.15) is 6.04 Å². The summed E-state index contributed by atoms with van der Waals surface area (Å²) in [7, 11) is 0. The summed E-state index contributed by atoms with van der Waals surface area (Å²) >= 11 is 0. The molecule has 21 heavy (non-hydrogen) atoms. The SMILES string of the molecule is CC(NC(=O)C1CCC(C(=O)O)C1)C(=O)N1CCCCC1. The molecule has 118 valence electrons. The van der Waals surface area contributed by atoms with Crippen LogP contribution in [0.25, 0.3) is 0 Å². The minimum absolute atomic E-state index is 0.0316. The molecule has 3 unspecified atom stereocenters. The maximum Gasteiger partial charge on any atom is 0.306 e. The third kappa shape index (κ3) is 3.95. The molecule has 0 bridgehead atoms. The average molecular weight is 296 g/mol. The van der Waals surface area contributed by atoms with Gasteiger partial charge in [-0.25, -0.2) is 0 Å². The Labute approximate surface area is 124 Å². The molecular weight excluding hydrogens is 272 g/mol. The van der Waals surface area contributed by atoms with E-state index in [1.165, 1.54) is 0 Å². The molecule has 2 aliphatic rings. The number of hydrogen-bond acceptors (Lipinski definition) is 3. The number of carboxylic acid groups (broad SMARTS) is 1. The van der Waals surface area contributed by atoms with Gasteiger partial charge in [-0.1, -0.05) is 0 Å². The van der Waals surface area contributed by atoms with Crippen LogP contribution in [0.5, 0.6) is 0 Å². The molecule has 0 radical (unpaired) electrons. The summed E-state index contributed by atoms with van der Waals surface area (Å²) in [6, 6.07) is -0.528. The van der Waals surface area contributed by atoms with E-state index in [4.69, 9.17) is 5.11 Å². The molecule has 2 amide bonds. The second kappa shape index (κ2) is 6.91. The van der Waals surface area contributed by atoms with Gasteiger partial charge in [0.2, 0.25) is 11.8 Å². The van der Waals surface area contributed by atoms with E-state index in [0.29, 0.717) is 19.3 Å². The molecule has 0 aromatic heterocycles. The lowest BCUT2D eigenvalue weighted by Gasteiger charge is -2.29. The Kier molecular flexibility index (Phi) is 5.20. The quantitative estimate of drug-likeness (QED) is 0.810. The van der Waals surface area contributed by atoms with Crippen molar-refractivity contribution in [3.8, 4) is 0 Å². The van der Waals surface area contributed by atoms with E-state index >= 15 is 0 Å². The molecular formula is C15H24N2O4. The molecule has 6 heteroatoms. The van der Waals surface area contributed by atoms with Crippen molar-refractivity contribution in [3.05, 3.63) is 0 Å². The topological polar surface area (TPSA) is 86.7 Å². The molecule has 1 heterocycles. The number of carboxylic acids is 1. The Balaban J connectivity index is 1.81. The summed E-state index contributed by atoms with van der Waals surface area (Å²) < 4.78 is 0. The van der Waals surface area contributed by atoms with Crippen molar-refractivity contribution in [2.45, 2.75) is 51.5 Å². The van der Waals surface area contributed by atoms with E-state index < -0.39 is 17.9 Å². The number of carbonyl (C=O) groups is 3. The minimum atomic E-state index is -0.831. The van der Waals surface area contributed by atoms with Crippen molar-refractivity contribution in [3.63, 3.8) is 0 Å². The number of aliphatic carboxylic acids is 1. The zero-order valence-electron chi connectivity index (χ0n) is 12.5. The zero-order valence-corrected chi connectivity index (χ0v) is 12.5. The van der Waals surface area contributed by atoms with Gasteiger partial charge in [0.25, 0.3) is 0 Å². The van der Waals surface area contributed by atoms with Gasteiger partial charge >= 0.3 is 5.97 Å². The highest BCUT2D eigenvalue weighted by molar-refractivity contribution is 5.88. The monoisotopic (exact) mass is 296 g/mol. The normalized spacial score (nSPS) is 27.2. The lowest BCUT2D eigenvalue weighted by Crippen LogP contribution is -2.49. The fourth-order valence-corrected chi connectivity index (χ4v) is 3.23. The molecule has 2 fully saturated rings. The highest BCUT2D eigenvalue weighted by Crippen LogP contribution is 2.31. The van der Waals surface area contributed by atoms with Crippen LogP contribution in [0.3, 0.4) is 0 Å². The van der Waals surface area contributed by atoms with Crippen LogP contribution in [0.2, 0.25) is 0 Å². The van der Waals surface area contributed by atoms with Gasteiger partial charge in [0, 0.05) is 19.0 Å². The molecule has 1 saturated heterocycles. The van der Waals surface area contributed by atoms with E-state index in [0.717, 1.165) is 32.4 Å². The van der Waals surface area contributed by atoms with Crippen molar-refractivity contribution < 1.29 is 19.5 Å². The van der Waals surface area contributed by atoms with Crippen molar-refractivity contribution in [1.82, 2.24) is 10.2 Å². The third-order valence-corrected chi connectivity index (χ3v) is 4.55. The molecule has 0 aromatic carbocycles. The molecule has 1 saturated carbocycles.